The van der Waals surface area contributed by atoms with E-state index in [9.17, 15) is 4.79 Å². The first kappa shape index (κ1) is 19.1. The molecule has 1 unspecified atom stereocenters. The topological polar surface area (TPSA) is 41.6 Å². The molecule has 3 aromatic rings. The molecule has 0 radical (unpaired) electrons. The van der Waals surface area contributed by atoms with Crippen LogP contribution in [0.5, 0.6) is 5.75 Å². The van der Waals surface area contributed by atoms with E-state index in [-0.39, 0.29) is 11.9 Å². The molecule has 140 valence electrons. The van der Waals surface area contributed by atoms with E-state index in [2.05, 4.69) is 27.0 Å². The molecule has 3 rings (SSSR count). The molecule has 5 heteroatoms. The van der Waals surface area contributed by atoms with Crippen LogP contribution in [0.25, 0.3) is 0 Å². The first-order valence-corrected chi connectivity index (χ1v) is 9.81. The lowest BCUT2D eigenvalue weighted by Gasteiger charge is -2.24. The third-order valence-electron chi connectivity index (χ3n) is 4.37. The summed E-state index contributed by atoms with van der Waals surface area (Å²) < 4.78 is 5.77. The number of hydrogen-bond donors (Lipinski definition) is 1. The monoisotopic (exact) mass is 380 g/mol. The zero-order valence-corrected chi connectivity index (χ0v) is 16.4. The van der Waals surface area contributed by atoms with Crippen LogP contribution in [0.3, 0.4) is 0 Å². The Hall–Kier alpha value is -2.63. The van der Waals surface area contributed by atoms with Crippen LogP contribution in [0.1, 0.15) is 27.5 Å². The number of nitrogens with one attached hydrogen (secondary N) is 1. The molecule has 1 heterocycles. The van der Waals surface area contributed by atoms with E-state index < -0.39 is 0 Å². The molecule has 0 saturated heterocycles. The molecule has 1 aromatic heterocycles. The Balaban J connectivity index is 1.54. The number of amides is 1. The highest BCUT2D eigenvalue weighted by Crippen LogP contribution is 2.20. The van der Waals surface area contributed by atoms with Crippen molar-refractivity contribution in [2.45, 2.75) is 12.6 Å². The lowest BCUT2D eigenvalue weighted by Crippen LogP contribution is -2.34. The Kier molecular flexibility index (Phi) is 6.63. The van der Waals surface area contributed by atoms with E-state index in [0.717, 1.165) is 11.3 Å². The van der Waals surface area contributed by atoms with Gasteiger partial charge in [-0.1, -0.05) is 30.3 Å². The Morgan fingerprint density at radius 2 is 1.81 bits per heavy atom. The summed E-state index contributed by atoms with van der Waals surface area (Å²) in [7, 11) is 4.04. The standard InChI is InChI=1S/C22H24N2O2S/c1-24(2)21(19-12-13-27-16-19)14-23-22(25)18-8-10-20(11-9-18)26-15-17-6-4-3-5-7-17/h3-13,16,21H,14-15H2,1-2H3,(H,23,25). The molecular weight excluding hydrogens is 356 g/mol. The molecule has 0 aliphatic rings. The second-order valence-electron chi connectivity index (χ2n) is 6.54. The largest absolute Gasteiger partial charge is 0.489 e. The molecular formula is C22H24N2O2S. The van der Waals surface area contributed by atoms with E-state index in [1.807, 2.05) is 56.6 Å². The smallest absolute Gasteiger partial charge is 0.251 e. The predicted molar refractivity (Wildman–Crippen MR) is 110 cm³/mol. The summed E-state index contributed by atoms with van der Waals surface area (Å²) in [6.45, 7) is 1.08. The van der Waals surface area contributed by atoms with Gasteiger partial charge in [-0.25, -0.2) is 0 Å². The van der Waals surface area contributed by atoms with Crippen molar-refractivity contribution < 1.29 is 9.53 Å². The average molecular weight is 381 g/mol. The van der Waals surface area contributed by atoms with Gasteiger partial charge in [0.15, 0.2) is 0 Å². The fourth-order valence-electron chi connectivity index (χ4n) is 2.80. The number of likely N-dealkylation sites (N-methyl/N-ethyl adjacent to an activating group) is 1. The Morgan fingerprint density at radius 3 is 2.44 bits per heavy atom. The summed E-state index contributed by atoms with van der Waals surface area (Å²) in [5.74, 6) is 0.673. The Labute approximate surface area is 164 Å². The highest BCUT2D eigenvalue weighted by atomic mass is 32.1. The Morgan fingerprint density at radius 1 is 1.07 bits per heavy atom. The van der Waals surface area contributed by atoms with Crippen molar-refractivity contribution in [3.63, 3.8) is 0 Å². The first-order valence-electron chi connectivity index (χ1n) is 8.87. The van der Waals surface area contributed by atoms with Crippen LogP contribution in [0, 0.1) is 0 Å². The molecule has 1 amide bonds. The molecule has 0 fully saturated rings. The molecule has 1 N–H and O–H groups in total. The molecule has 1 atom stereocenters. The van der Waals surface area contributed by atoms with Gasteiger partial charge in [0, 0.05) is 12.1 Å². The highest BCUT2D eigenvalue weighted by molar-refractivity contribution is 7.07. The van der Waals surface area contributed by atoms with E-state index >= 15 is 0 Å². The van der Waals surface area contributed by atoms with Crippen molar-refractivity contribution in [3.05, 3.63) is 88.1 Å². The van der Waals surface area contributed by atoms with Gasteiger partial charge in [0.05, 0.1) is 6.04 Å². The minimum absolute atomic E-state index is 0.0771. The maximum Gasteiger partial charge on any atom is 0.251 e. The van der Waals surface area contributed by atoms with E-state index in [1.54, 1.807) is 23.5 Å². The SMILES string of the molecule is CN(C)C(CNC(=O)c1ccc(OCc2ccccc2)cc1)c1ccsc1. The summed E-state index contributed by atoms with van der Waals surface area (Å²) in [6.07, 6.45) is 0. The number of nitrogens with zero attached hydrogens (tertiary/aromatic N) is 1. The normalized spacial score (nSPS) is 12.0. The number of carbonyl (C=O) groups excluding carboxylic acids is 1. The summed E-state index contributed by atoms with van der Waals surface area (Å²) in [5, 5.41) is 7.21. The van der Waals surface area contributed by atoms with Crippen LogP contribution in [0.2, 0.25) is 0 Å². The average Bonchev–Trinajstić information content (AvgIpc) is 3.22. The van der Waals surface area contributed by atoms with Crippen LogP contribution in [0.15, 0.2) is 71.4 Å². The number of thiophene rings is 1. The van der Waals surface area contributed by atoms with Gasteiger partial charge >= 0.3 is 0 Å². The molecule has 0 saturated carbocycles. The van der Waals surface area contributed by atoms with Crippen LogP contribution < -0.4 is 10.1 Å². The van der Waals surface area contributed by atoms with Gasteiger partial charge < -0.3 is 15.0 Å². The summed E-state index contributed by atoms with van der Waals surface area (Å²) in [6, 6.07) is 19.5. The molecule has 0 aliphatic carbocycles. The highest BCUT2D eigenvalue weighted by Gasteiger charge is 2.16. The fraction of sp³-hybridized carbons (Fsp3) is 0.227. The van der Waals surface area contributed by atoms with E-state index in [0.29, 0.717) is 18.7 Å². The Bertz CT molecular complexity index is 831. The predicted octanol–water partition coefficient (Wildman–Crippen LogP) is 4.36. The van der Waals surface area contributed by atoms with Gasteiger partial charge in [0.25, 0.3) is 5.91 Å². The van der Waals surface area contributed by atoms with Gasteiger partial charge in [-0.05, 0) is 66.3 Å². The van der Waals surface area contributed by atoms with Crippen molar-refractivity contribution in [1.29, 1.82) is 0 Å². The number of benzene rings is 2. The van der Waals surface area contributed by atoms with Crippen molar-refractivity contribution in [3.8, 4) is 5.75 Å². The van der Waals surface area contributed by atoms with Gasteiger partial charge in [-0.3, -0.25) is 4.79 Å². The second-order valence-corrected chi connectivity index (χ2v) is 7.32. The third kappa shape index (κ3) is 5.42. The third-order valence-corrected chi connectivity index (χ3v) is 5.07. The van der Waals surface area contributed by atoms with Crippen LogP contribution in [-0.4, -0.2) is 31.4 Å². The van der Waals surface area contributed by atoms with Crippen molar-refractivity contribution in [2.24, 2.45) is 0 Å². The molecule has 0 aliphatic heterocycles. The van der Waals surface area contributed by atoms with Crippen LogP contribution >= 0.6 is 11.3 Å². The number of ether oxygens (including phenoxy) is 1. The quantitative estimate of drug-likeness (QED) is 0.631. The first-order chi connectivity index (χ1) is 13.1. The van der Waals surface area contributed by atoms with Gasteiger partial charge in [-0.15, -0.1) is 0 Å². The lowest BCUT2D eigenvalue weighted by atomic mass is 10.1. The van der Waals surface area contributed by atoms with E-state index in [1.165, 1.54) is 5.56 Å². The lowest BCUT2D eigenvalue weighted by molar-refractivity contribution is 0.0942. The minimum Gasteiger partial charge on any atom is -0.489 e. The van der Waals surface area contributed by atoms with Crippen molar-refractivity contribution >= 4 is 17.2 Å². The fourth-order valence-corrected chi connectivity index (χ4v) is 3.51. The minimum atomic E-state index is -0.0771. The van der Waals surface area contributed by atoms with Gasteiger partial charge in [-0.2, -0.15) is 11.3 Å². The summed E-state index contributed by atoms with van der Waals surface area (Å²) in [5.41, 5.74) is 2.96. The zero-order chi connectivity index (χ0) is 19.1. The number of hydrogen-bond acceptors (Lipinski definition) is 4. The molecule has 0 spiro atoms. The van der Waals surface area contributed by atoms with Crippen molar-refractivity contribution in [2.75, 3.05) is 20.6 Å². The number of rotatable bonds is 8. The van der Waals surface area contributed by atoms with Crippen molar-refractivity contribution in [1.82, 2.24) is 10.2 Å². The van der Waals surface area contributed by atoms with E-state index in [4.69, 9.17) is 4.74 Å². The number of carbonyl (C=O) groups is 1. The molecule has 2 aromatic carbocycles. The zero-order valence-electron chi connectivity index (χ0n) is 15.6. The maximum absolute atomic E-state index is 12.5. The van der Waals surface area contributed by atoms with Crippen LogP contribution in [0.4, 0.5) is 0 Å². The molecule has 27 heavy (non-hydrogen) atoms. The van der Waals surface area contributed by atoms with Gasteiger partial charge in [0.1, 0.15) is 12.4 Å². The summed E-state index contributed by atoms with van der Waals surface area (Å²) in [4.78, 5) is 14.6. The second kappa shape index (κ2) is 9.35. The maximum atomic E-state index is 12.5. The molecule has 0 bridgehead atoms. The van der Waals surface area contributed by atoms with Gasteiger partial charge in [0.2, 0.25) is 0 Å². The van der Waals surface area contributed by atoms with Crippen LogP contribution in [-0.2, 0) is 6.61 Å². The molecule has 4 nitrogen and oxygen atoms in total. The summed E-state index contributed by atoms with van der Waals surface area (Å²) >= 11 is 1.67.